The van der Waals surface area contributed by atoms with E-state index in [0.29, 0.717) is 18.8 Å². The highest BCUT2D eigenvalue weighted by molar-refractivity contribution is 5.82. The molecule has 1 amide bonds. The van der Waals surface area contributed by atoms with Crippen molar-refractivity contribution in [3.8, 4) is 0 Å². The van der Waals surface area contributed by atoms with E-state index in [1.165, 1.54) is 12.0 Å². The molecule has 0 saturated carbocycles. The number of hydrogen-bond acceptors (Lipinski definition) is 6. The molecule has 1 aromatic heterocycles. The zero-order valence-corrected chi connectivity index (χ0v) is 13.9. The van der Waals surface area contributed by atoms with Gasteiger partial charge < -0.3 is 15.2 Å². The zero-order valence-electron chi connectivity index (χ0n) is 13.9. The summed E-state index contributed by atoms with van der Waals surface area (Å²) >= 11 is 0. The standard InChI is InChI=1S/C16H23N3O4/c1-16(2,3)23-15(21)19-9-11(7-12(19)14(20)22-4)10-5-6-13(17)18-8-10/h5-6,8,11-12H,7,9H2,1-4H3,(H2,17,18)/t11?,12-/m0/s1. The Hall–Kier alpha value is -2.31. The number of methoxy groups -OCH3 is 1. The zero-order chi connectivity index (χ0) is 17.2. The molecule has 0 spiro atoms. The molecule has 126 valence electrons. The lowest BCUT2D eigenvalue weighted by Crippen LogP contribution is -2.43. The van der Waals surface area contributed by atoms with Crippen LogP contribution in [0.25, 0.3) is 0 Å². The lowest BCUT2D eigenvalue weighted by Gasteiger charge is -2.27. The predicted octanol–water partition coefficient (Wildman–Crippen LogP) is 1.93. The number of rotatable bonds is 2. The molecule has 7 heteroatoms. The van der Waals surface area contributed by atoms with E-state index < -0.39 is 23.7 Å². The van der Waals surface area contributed by atoms with Crippen molar-refractivity contribution >= 4 is 17.9 Å². The summed E-state index contributed by atoms with van der Waals surface area (Å²) in [6.07, 6.45) is 1.63. The SMILES string of the molecule is COC(=O)[C@@H]1CC(c2ccc(N)nc2)CN1C(=O)OC(C)(C)C. The Bertz CT molecular complexity index is 580. The number of nitrogen functional groups attached to an aromatic ring is 1. The van der Waals surface area contributed by atoms with Crippen LogP contribution in [0.1, 0.15) is 38.7 Å². The van der Waals surface area contributed by atoms with Gasteiger partial charge >= 0.3 is 12.1 Å². The van der Waals surface area contributed by atoms with Crippen LogP contribution in [0.2, 0.25) is 0 Å². The lowest BCUT2D eigenvalue weighted by molar-refractivity contribution is -0.145. The van der Waals surface area contributed by atoms with Crippen LogP contribution in [-0.4, -0.2) is 47.2 Å². The minimum Gasteiger partial charge on any atom is -0.467 e. The summed E-state index contributed by atoms with van der Waals surface area (Å²) in [6, 6.07) is 2.91. The molecule has 2 atom stereocenters. The summed E-state index contributed by atoms with van der Waals surface area (Å²) in [5.74, 6) is -0.0262. The Kier molecular flexibility index (Phi) is 4.77. The number of pyridine rings is 1. The van der Waals surface area contributed by atoms with E-state index in [2.05, 4.69) is 4.98 Å². The monoisotopic (exact) mass is 321 g/mol. The number of carbonyl (C=O) groups is 2. The molecule has 1 fully saturated rings. The second-order valence-corrected chi connectivity index (χ2v) is 6.62. The molecule has 7 nitrogen and oxygen atoms in total. The third-order valence-electron chi connectivity index (χ3n) is 3.68. The van der Waals surface area contributed by atoms with Gasteiger partial charge in [0.15, 0.2) is 0 Å². The van der Waals surface area contributed by atoms with Crippen LogP contribution >= 0.6 is 0 Å². The second kappa shape index (κ2) is 6.44. The Morgan fingerprint density at radius 2 is 2.04 bits per heavy atom. The highest BCUT2D eigenvalue weighted by Gasteiger charge is 2.42. The van der Waals surface area contributed by atoms with Gasteiger partial charge in [-0.2, -0.15) is 0 Å². The third kappa shape index (κ3) is 4.12. The molecule has 1 aliphatic heterocycles. The Morgan fingerprint density at radius 1 is 1.35 bits per heavy atom. The van der Waals surface area contributed by atoms with Gasteiger partial charge in [-0.1, -0.05) is 6.07 Å². The maximum absolute atomic E-state index is 12.4. The number of aromatic nitrogens is 1. The van der Waals surface area contributed by atoms with E-state index >= 15 is 0 Å². The number of esters is 1. The van der Waals surface area contributed by atoms with Gasteiger partial charge in [-0.3, -0.25) is 4.90 Å². The quantitative estimate of drug-likeness (QED) is 0.836. The molecule has 1 unspecified atom stereocenters. The summed E-state index contributed by atoms with van der Waals surface area (Å²) in [5, 5.41) is 0. The molecule has 0 aromatic carbocycles. The van der Waals surface area contributed by atoms with Crippen LogP contribution in [0, 0.1) is 0 Å². The molecule has 0 aliphatic carbocycles. The van der Waals surface area contributed by atoms with Gasteiger partial charge in [0.05, 0.1) is 7.11 Å². The summed E-state index contributed by atoms with van der Waals surface area (Å²) in [4.78, 5) is 29.9. The highest BCUT2D eigenvalue weighted by atomic mass is 16.6. The van der Waals surface area contributed by atoms with E-state index in [9.17, 15) is 9.59 Å². The molecule has 23 heavy (non-hydrogen) atoms. The first-order chi connectivity index (χ1) is 10.7. The number of nitrogens with two attached hydrogens (primary N) is 1. The van der Waals surface area contributed by atoms with E-state index in [1.807, 2.05) is 6.07 Å². The number of carbonyl (C=O) groups excluding carboxylic acids is 2. The average Bonchev–Trinajstić information content (AvgIpc) is 2.90. The van der Waals surface area contributed by atoms with Crippen molar-refractivity contribution in [3.63, 3.8) is 0 Å². The topological polar surface area (TPSA) is 94.8 Å². The molecule has 1 aliphatic rings. The predicted molar refractivity (Wildman–Crippen MR) is 84.8 cm³/mol. The first kappa shape index (κ1) is 17.1. The molecule has 0 radical (unpaired) electrons. The molecular weight excluding hydrogens is 298 g/mol. The summed E-state index contributed by atoms with van der Waals surface area (Å²) in [6.45, 7) is 5.74. The number of hydrogen-bond donors (Lipinski definition) is 1. The molecule has 2 heterocycles. The number of ether oxygens (including phenoxy) is 2. The number of amides is 1. The molecule has 1 aromatic rings. The maximum atomic E-state index is 12.4. The van der Waals surface area contributed by atoms with Gasteiger partial charge in [0.1, 0.15) is 17.5 Å². The average molecular weight is 321 g/mol. The first-order valence-corrected chi connectivity index (χ1v) is 7.50. The van der Waals surface area contributed by atoms with Crippen LogP contribution in [-0.2, 0) is 14.3 Å². The van der Waals surface area contributed by atoms with Crippen LogP contribution in [0.3, 0.4) is 0 Å². The van der Waals surface area contributed by atoms with Crippen molar-refractivity contribution < 1.29 is 19.1 Å². The molecule has 1 saturated heterocycles. The van der Waals surface area contributed by atoms with Crippen LogP contribution in [0.5, 0.6) is 0 Å². The van der Waals surface area contributed by atoms with Gasteiger partial charge in [0.2, 0.25) is 0 Å². The summed E-state index contributed by atoms with van der Waals surface area (Å²) < 4.78 is 10.2. The largest absolute Gasteiger partial charge is 0.467 e. The van der Waals surface area contributed by atoms with Crippen molar-refractivity contribution in [3.05, 3.63) is 23.9 Å². The smallest absolute Gasteiger partial charge is 0.411 e. The minimum atomic E-state index is -0.655. The number of nitrogens with zero attached hydrogens (tertiary/aromatic N) is 2. The number of likely N-dealkylation sites (tertiary alicyclic amines) is 1. The Labute approximate surface area is 135 Å². The fraction of sp³-hybridized carbons (Fsp3) is 0.562. The molecule has 2 rings (SSSR count). The third-order valence-corrected chi connectivity index (χ3v) is 3.68. The van der Waals surface area contributed by atoms with Crippen molar-refractivity contribution in [2.24, 2.45) is 0 Å². The molecule has 2 N–H and O–H groups in total. The van der Waals surface area contributed by atoms with Gasteiger partial charge in [-0.15, -0.1) is 0 Å². The molecule has 0 bridgehead atoms. The maximum Gasteiger partial charge on any atom is 0.411 e. The fourth-order valence-electron chi connectivity index (χ4n) is 2.62. The van der Waals surface area contributed by atoms with Crippen LogP contribution < -0.4 is 5.73 Å². The first-order valence-electron chi connectivity index (χ1n) is 7.50. The fourth-order valence-corrected chi connectivity index (χ4v) is 2.62. The van der Waals surface area contributed by atoms with Crippen molar-refractivity contribution in [2.75, 3.05) is 19.4 Å². The summed E-state index contributed by atoms with van der Waals surface area (Å²) in [7, 11) is 1.31. The second-order valence-electron chi connectivity index (χ2n) is 6.62. The van der Waals surface area contributed by atoms with Crippen molar-refractivity contribution in [1.29, 1.82) is 0 Å². The van der Waals surface area contributed by atoms with Gasteiger partial charge in [-0.25, -0.2) is 14.6 Å². The van der Waals surface area contributed by atoms with E-state index in [-0.39, 0.29) is 5.92 Å². The normalized spacial score (nSPS) is 21.1. The van der Waals surface area contributed by atoms with Crippen molar-refractivity contribution in [2.45, 2.75) is 44.8 Å². The number of anilines is 1. The highest BCUT2D eigenvalue weighted by Crippen LogP contribution is 2.33. The van der Waals surface area contributed by atoms with Crippen LogP contribution in [0.15, 0.2) is 18.3 Å². The van der Waals surface area contributed by atoms with Gasteiger partial charge in [-0.05, 0) is 38.8 Å². The van der Waals surface area contributed by atoms with E-state index in [0.717, 1.165) is 5.56 Å². The van der Waals surface area contributed by atoms with Gasteiger partial charge in [0, 0.05) is 18.7 Å². The Balaban J connectivity index is 2.20. The van der Waals surface area contributed by atoms with Crippen molar-refractivity contribution in [1.82, 2.24) is 9.88 Å². The minimum absolute atomic E-state index is 0.0141. The lowest BCUT2D eigenvalue weighted by atomic mass is 9.98. The van der Waals surface area contributed by atoms with E-state index in [1.54, 1.807) is 33.0 Å². The van der Waals surface area contributed by atoms with E-state index in [4.69, 9.17) is 15.2 Å². The Morgan fingerprint density at radius 3 is 2.57 bits per heavy atom. The van der Waals surface area contributed by atoms with Crippen LogP contribution in [0.4, 0.5) is 10.6 Å². The molecular formula is C16H23N3O4. The van der Waals surface area contributed by atoms with Gasteiger partial charge in [0.25, 0.3) is 0 Å². The summed E-state index contributed by atoms with van der Waals surface area (Å²) in [5.41, 5.74) is 5.90.